The van der Waals surface area contributed by atoms with E-state index in [1.54, 1.807) is 18.2 Å². The van der Waals surface area contributed by atoms with Crippen LogP contribution in [-0.4, -0.2) is 27.7 Å². The molecule has 1 aromatic carbocycles. The van der Waals surface area contributed by atoms with Crippen LogP contribution < -0.4 is 0 Å². The predicted molar refractivity (Wildman–Crippen MR) is 100 cm³/mol. The molecule has 1 amide bonds. The summed E-state index contributed by atoms with van der Waals surface area (Å²) < 4.78 is 10.9. The number of carbonyl (C=O) groups excluding carboxylic acids is 1. The third-order valence-corrected chi connectivity index (χ3v) is 5.06. The maximum atomic E-state index is 13.2. The van der Waals surface area contributed by atoms with Crippen molar-refractivity contribution in [3.8, 4) is 11.3 Å². The molecule has 1 aliphatic rings. The van der Waals surface area contributed by atoms with Crippen molar-refractivity contribution in [1.82, 2.24) is 15.2 Å². The Labute approximate surface area is 162 Å². The van der Waals surface area contributed by atoms with Crippen LogP contribution in [0.1, 0.15) is 53.7 Å². The average Bonchev–Trinajstić information content (AvgIpc) is 3.25. The molecule has 27 heavy (non-hydrogen) atoms. The lowest BCUT2D eigenvalue weighted by molar-refractivity contribution is 0.0640. The first-order valence-corrected chi connectivity index (χ1v) is 9.46. The van der Waals surface area contributed by atoms with Gasteiger partial charge < -0.3 is 13.9 Å². The summed E-state index contributed by atoms with van der Waals surface area (Å²) in [6.45, 7) is 2.54. The van der Waals surface area contributed by atoms with Crippen molar-refractivity contribution in [3.63, 3.8) is 0 Å². The van der Waals surface area contributed by atoms with E-state index in [0.29, 0.717) is 17.3 Å². The van der Waals surface area contributed by atoms with Crippen molar-refractivity contribution in [2.45, 2.75) is 38.6 Å². The summed E-state index contributed by atoms with van der Waals surface area (Å²) in [7, 11) is 0. The highest BCUT2D eigenvalue weighted by atomic mass is 35.5. The van der Waals surface area contributed by atoms with Gasteiger partial charge in [0.1, 0.15) is 0 Å². The molecule has 0 saturated carbocycles. The second-order valence-corrected chi connectivity index (χ2v) is 7.26. The van der Waals surface area contributed by atoms with E-state index in [9.17, 15) is 4.79 Å². The second-order valence-electron chi connectivity index (χ2n) is 6.82. The van der Waals surface area contributed by atoms with Crippen LogP contribution in [0, 0.1) is 6.92 Å². The predicted octanol–water partition coefficient (Wildman–Crippen LogP) is 5.05. The number of likely N-dealkylation sites (tertiary alicyclic amines) is 1. The topological polar surface area (TPSA) is 72.4 Å². The van der Waals surface area contributed by atoms with Gasteiger partial charge in [0.05, 0.1) is 11.7 Å². The van der Waals surface area contributed by atoms with Crippen molar-refractivity contribution in [2.24, 2.45) is 0 Å². The molecule has 140 valence electrons. The monoisotopic (exact) mass is 385 g/mol. The lowest BCUT2D eigenvalue weighted by Gasteiger charge is -2.27. The van der Waals surface area contributed by atoms with Crippen molar-refractivity contribution in [2.75, 3.05) is 6.54 Å². The lowest BCUT2D eigenvalue weighted by atomic mass is 10.1. The van der Waals surface area contributed by atoms with E-state index in [0.717, 1.165) is 42.7 Å². The summed E-state index contributed by atoms with van der Waals surface area (Å²) in [5, 5.41) is 8.59. The molecule has 2 aromatic heterocycles. The van der Waals surface area contributed by atoms with Crippen LogP contribution in [0.15, 0.2) is 45.4 Å². The van der Waals surface area contributed by atoms with Crippen molar-refractivity contribution in [3.05, 3.63) is 58.6 Å². The highest BCUT2D eigenvalue weighted by Crippen LogP contribution is 2.32. The third-order valence-electron chi connectivity index (χ3n) is 4.83. The first-order valence-electron chi connectivity index (χ1n) is 9.08. The molecule has 7 heteroatoms. The standard InChI is InChI=1S/C20H20ClN3O3/c1-13-10-19(27-22-13)17-8-3-2-4-9-24(17)20(25)16-12-18(26-23-16)14-6-5-7-15(21)11-14/h5-7,10-12,17H,2-4,8-9H2,1H3/t17-/m0/s1. The van der Waals surface area contributed by atoms with Crippen LogP contribution >= 0.6 is 11.6 Å². The van der Waals surface area contributed by atoms with Crippen LogP contribution in [0.3, 0.4) is 0 Å². The van der Waals surface area contributed by atoms with Crippen LogP contribution in [0.25, 0.3) is 11.3 Å². The lowest BCUT2D eigenvalue weighted by Crippen LogP contribution is -2.34. The number of aryl methyl sites for hydroxylation is 1. The van der Waals surface area contributed by atoms with Gasteiger partial charge in [0.25, 0.3) is 5.91 Å². The zero-order valence-corrected chi connectivity index (χ0v) is 15.8. The molecule has 6 nitrogen and oxygen atoms in total. The zero-order valence-electron chi connectivity index (χ0n) is 15.0. The Bertz CT molecular complexity index is 949. The van der Waals surface area contributed by atoms with E-state index in [2.05, 4.69) is 10.3 Å². The Hall–Kier alpha value is -2.60. The van der Waals surface area contributed by atoms with Gasteiger partial charge in [-0.3, -0.25) is 4.79 Å². The number of halogens is 1. The fraction of sp³-hybridized carbons (Fsp3) is 0.350. The number of benzene rings is 1. The maximum Gasteiger partial charge on any atom is 0.276 e. The van der Waals surface area contributed by atoms with Crippen LogP contribution in [0.4, 0.5) is 0 Å². The quantitative estimate of drug-likeness (QED) is 0.630. The first kappa shape index (κ1) is 17.8. The van der Waals surface area contributed by atoms with E-state index in [1.807, 2.05) is 30.0 Å². The molecule has 0 unspecified atom stereocenters. The normalized spacial score (nSPS) is 17.7. The summed E-state index contributed by atoms with van der Waals surface area (Å²) in [4.78, 5) is 15.0. The van der Waals surface area contributed by atoms with E-state index in [4.69, 9.17) is 20.6 Å². The Kier molecular flexibility index (Phi) is 4.99. The minimum absolute atomic E-state index is 0.132. The van der Waals surface area contributed by atoms with E-state index in [-0.39, 0.29) is 17.6 Å². The van der Waals surface area contributed by atoms with Crippen molar-refractivity contribution < 1.29 is 13.8 Å². The van der Waals surface area contributed by atoms with E-state index in [1.165, 1.54) is 0 Å². The molecule has 3 heterocycles. The molecule has 1 fully saturated rings. The number of amides is 1. The van der Waals surface area contributed by atoms with Gasteiger partial charge in [-0.1, -0.05) is 46.9 Å². The Morgan fingerprint density at radius 2 is 2.04 bits per heavy atom. The molecule has 0 N–H and O–H groups in total. The SMILES string of the molecule is Cc1cc([C@@H]2CCCCCN2C(=O)c2cc(-c3cccc(Cl)c3)on2)on1. The van der Waals surface area contributed by atoms with E-state index >= 15 is 0 Å². The first-order chi connectivity index (χ1) is 13.1. The summed E-state index contributed by atoms with van der Waals surface area (Å²) >= 11 is 6.04. The Balaban J connectivity index is 1.62. The molecule has 1 aliphatic heterocycles. The number of hydrogen-bond donors (Lipinski definition) is 0. The van der Waals surface area contributed by atoms with Crippen LogP contribution in [0.5, 0.6) is 0 Å². The zero-order chi connectivity index (χ0) is 18.8. The Morgan fingerprint density at radius 3 is 2.81 bits per heavy atom. The van der Waals surface area contributed by atoms with Gasteiger partial charge in [-0.2, -0.15) is 0 Å². The fourth-order valence-electron chi connectivity index (χ4n) is 3.49. The highest BCUT2D eigenvalue weighted by molar-refractivity contribution is 6.30. The largest absolute Gasteiger partial charge is 0.359 e. The van der Waals surface area contributed by atoms with Gasteiger partial charge in [-0.15, -0.1) is 0 Å². The minimum atomic E-state index is -0.159. The van der Waals surface area contributed by atoms with E-state index < -0.39 is 0 Å². The number of nitrogens with zero attached hydrogens (tertiary/aromatic N) is 3. The molecule has 0 radical (unpaired) electrons. The van der Waals surface area contributed by atoms with Crippen LogP contribution in [-0.2, 0) is 0 Å². The van der Waals surface area contributed by atoms with Gasteiger partial charge in [-0.05, 0) is 31.9 Å². The second kappa shape index (κ2) is 7.56. The van der Waals surface area contributed by atoms with Crippen molar-refractivity contribution in [1.29, 1.82) is 0 Å². The average molecular weight is 386 g/mol. The summed E-state index contributed by atoms with van der Waals surface area (Å²) in [5.74, 6) is 1.08. The third kappa shape index (κ3) is 3.76. The number of carbonyl (C=O) groups is 1. The summed E-state index contributed by atoms with van der Waals surface area (Å²) in [6, 6.07) is 10.7. The molecule has 0 aliphatic carbocycles. The Morgan fingerprint density at radius 1 is 1.15 bits per heavy atom. The smallest absolute Gasteiger partial charge is 0.276 e. The number of rotatable bonds is 3. The molecule has 1 saturated heterocycles. The fourth-order valence-corrected chi connectivity index (χ4v) is 3.68. The summed E-state index contributed by atoms with van der Waals surface area (Å²) in [5.41, 5.74) is 1.88. The van der Waals surface area contributed by atoms with Gasteiger partial charge in [0.2, 0.25) is 0 Å². The molecule has 1 atom stereocenters. The number of hydrogen-bond acceptors (Lipinski definition) is 5. The van der Waals surface area contributed by atoms with Crippen molar-refractivity contribution >= 4 is 17.5 Å². The molecular formula is C20H20ClN3O3. The minimum Gasteiger partial charge on any atom is -0.359 e. The van der Waals surface area contributed by atoms with Gasteiger partial charge in [0.15, 0.2) is 17.2 Å². The molecule has 4 rings (SSSR count). The molecule has 0 spiro atoms. The van der Waals surface area contributed by atoms with Gasteiger partial charge in [0, 0.05) is 29.3 Å². The van der Waals surface area contributed by atoms with Crippen LogP contribution in [0.2, 0.25) is 5.02 Å². The molecule has 3 aromatic rings. The van der Waals surface area contributed by atoms with Gasteiger partial charge >= 0.3 is 0 Å². The molecule has 0 bridgehead atoms. The highest BCUT2D eigenvalue weighted by Gasteiger charge is 2.31. The number of aromatic nitrogens is 2. The summed E-state index contributed by atoms with van der Waals surface area (Å²) in [6.07, 6.45) is 3.93. The van der Waals surface area contributed by atoms with Gasteiger partial charge in [-0.25, -0.2) is 0 Å². The molecular weight excluding hydrogens is 366 g/mol. The maximum absolute atomic E-state index is 13.2.